The zero-order valence-corrected chi connectivity index (χ0v) is 5.02. The number of hydrogen-bond acceptors (Lipinski definition) is 2. The monoisotopic (exact) mass is 117 g/mol. The smallest absolute Gasteiger partial charge is 0.199 e. The molecule has 0 aliphatic rings. The molecular weight excluding hydrogens is 111 g/mol. The van der Waals surface area contributed by atoms with Gasteiger partial charge in [-0.3, -0.25) is 0 Å². The van der Waals surface area contributed by atoms with Crippen molar-refractivity contribution < 1.29 is 9.09 Å². The topological polar surface area (TPSA) is 26.3 Å². The van der Waals surface area contributed by atoms with Crippen LogP contribution in [0.1, 0.15) is 13.3 Å². The molecule has 0 aromatic carbocycles. The average Bonchev–Trinajstić information content (AvgIpc) is 1.69. The van der Waals surface area contributed by atoms with Gasteiger partial charge < -0.3 is 0 Å². The molecule has 0 aromatic heterocycles. The van der Waals surface area contributed by atoms with Gasteiger partial charge in [-0.05, 0) is 4.57 Å². The maximum absolute atomic E-state index is 9.51. The van der Waals surface area contributed by atoms with Gasteiger partial charge in [-0.2, -0.15) is 4.52 Å². The first-order valence-electron chi connectivity index (χ1n) is 1.92. The zero-order chi connectivity index (χ0) is 5.54. The standard InChI is InChI=1S/C4H6O2P/c1-2-3-4-6-7-5/h7H,2H2,1H3/q+1. The van der Waals surface area contributed by atoms with E-state index in [1.165, 1.54) is 0 Å². The Morgan fingerprint density at radius 3 is 3.00 bits per heavy atom. The van der Waals surface area contributed by atoms with Crippen LogP contribution in [-0.2, 0) is 9.09 Å². The fraction of sp³-hybridized carbons (Fsp3) is 0.500. The summed E-state index contributed by atoms with van der Waals surface area (Å²) in [5.41, 5.74) is 0. The summed E-state index contributed by atoms with van der Waals surface area (Å²) in [6.07, 6.45) is 2.98. The van der Waals surface area contributed by atoms with Crippen molar-refractivity contribution in [3.05, 3.63) is 0 Å². The third-order valence-electron chi connectivity index (χ3n) is 0.342. The Balaban J connectivity index is 3.06. The lowest BCUT2D eigenvalue weighted by atomic mass is 10.5. The Kier molecular flexibility index (Phi) is 5.04. The fourth-order valence-electron chi connectivity index (χ4n) is 0.129. The molecule has 0 rings (SSSR count). The van der Waals surface area contributed by atoms with Crippen molar-refractivity contribution in [1.29, 1.82) is 0 Å². The molecule has 0 heterocycles. The van der Waals surface area contributed by atoms with Gasteiger partial charge in [0.2, 0.25) is 0 Å². The van der Waals surface area contributed by atoms with Crippen molar-refractivity contribution >= 4 is 8.69 Å². The second-order valence-electron chi connectivity index (χ2n) is 0.818. The average molecular weight is 117 g/mol. The Morgan fingerprint density at radius 2 is 2.57 bits per heavy atom. The molecule has 0 amide bonds. The van der Waals surface area contributed by atoms with Gasteiger partial charge in [0.15, 0.2) is 6.11 Å². The van der Waals surface area contributed by atoms with Gasteiger partial charge in [-0.1, -0.05) is 12.8 Å². The van der Waals surface area contributed by atoms with Gasteiger partial charge in [0.05, 0.1) is 0 Å². The summed E-state index contributed by atoms with van der Waals surface area (Å²) in [7, 11) is -0.756. The summed E-state index contributed by atoms with van der Waals surface area (Å²) >= 11 is 0. The van der Waals surface area contributed by atoms with E-state index in [2.05, 4.69) is 16.6 Å². The summed E-state index contributed by atoms with van der Waals surface area (Å²) < 4.78 is 13.7. The summed E-state index contributed by atoms with van der Waals surface area (Å²) in [5.74, 6) is 2.58. The molecule has 38 valence electrons. The molecule has 0 saturated carbocycles. The van der Waals surface area contributed by atoms with Crippen LogP contribution >= 0.6 is 8.69 Å². The minimum absolute atomic E-state index is 0.741. The first kappa shape index (κ1) is 6.46. The molecule has 0 saturated heterocycles. The van der Waals surface area contributed by atoms with Gasteiger partial charge in [0.25, 0.3) is 0 Å². The molecule has 0 fully saturated rings. The Hall–Kier alpha value is -0.540. The van der Waals surface area contributed by atoms with Crippen LogP contribution in [-0.4, -0.2) is 0 Å². The lowest BCUT2D eigenvalue weighted by Gasteiger charge is -1.61. The van der Waals surface area contributed by atoms with Crippen molar-refractivity contribution in [2.75, 3.05) is 0 Å². The van der Waals surface area contributed by atoms with Crippen LogP contribution in [0, 0.1) is 12.0 Å². The highest BCUT2D eigenvalue weighted by Crippen LogP contribution is 1.88. The molecule has 0 radical (unpaired) electrons. The molecule has 0 aliphatic carbocycles. The molecule has 1 atom stereocenters. The normalized spacial score (nSPS) is 7.00. The van der Waals surface area contributed by atoms with E-state index in [0.29, 0.717) is 0 Å². The molecule has 0 N–H and O–H groups in total. The highest BCUT2D eigenvalue weighted by Gasteiger charge is 1.74. The lowest BCUT2D eigenvalue weighted by molar-refractivity contribution is 0.506. The van der Waals surface area contributed by atoms with Gasteiger partial charge in [0, 0.05) is 6.42 Å². The summed E-state index contributed by atoms with van der Waals surface area (Å²) in [4.78, 5) is 0. The largest absolute Gasteiger partial charge is 0.551 e. The summed E-state index contributed by atoms with van der Waals surface area (Å²) in [5, 5.41) is 0. The third-order valence-corrected chi connectivity index (χ3v) is 0.527. The van der Waals surface area contributed by atoms with Crippen LogP contribution in [0.3, 0.4) is 0 Å². The van der Waals surface area contributed by atoms with Gasteiger partial charge >= 0.3 is 8.69 Å². The highest BCUT2D eigenvalue weighted by atomic mass is 31.1. The van der Waals surface area contributed by atoms with Crippen LogP contribution in [0.4, 0.5) is 0 Å². The summed E-state index contributed by atoms with van der Waals surface area (Å²) in [6, 6.07) is 0. The Bertz CT molecular complexity index is 100.0. The highest BCUT2D eigenvalue weighted by molar-refractivity contribution is 7.17. The first-order valence-corrected chi connectivity index (χ1v) is 2.74. The second-order valence-corrected chi connectivity index (χ2v) is 1.19. The molecule has 0 spiro atoms. The number of hydrogen-bond donors (Lipinski definition) is 0. The van der Waals surface area contributed by atoms with E-state index >= 15 is 0 Å². The van der Waals surface area contributed by atoms with E-state index in [4.69, 9.17) is 0 Å². The van der Waals surface area contributed by atoms with Crippen LogP contribution in [0.5, 0.6) is 0 Å². The molecule has 2 nitrogen and oxygen atoms in total. The van der Waals surface area contributed by atoms with Crippen molar-refractivity contribution in [2.24, 2.45) is 0 Å². The SMILES string of the molecule is CCC#CO[PH+]=O. The third kappa shape index (κ3) is 5.46. The second kappa shape index (κ2) is 5.46. The zero-order valence-electron chi connectivity index (χ0n) is 4.02. The van der Waals surface area contributed by atoms with Crippen molar-refractivity contribution in [1.82, 2.24) is 0 Å². The minimum Gasteiger partial charge on any atom is -0.199 e. The van der Waals surface area contributed by atoms with Crippen molar-refractivity contribution in [2.45, 2.75) is 13.3 Å². The molecule has 1 unspecified atom stereocenters. The fourth-order valence-corrected chi connectivity index (χ4v) is 0.243. The Labute approximate surface area is 44.2 Å². The van der Waals surface area contributed by atoms with E-state index < -0.39 is 8.69 Å². The predicted octanol–water partition coefficient (Wildman–Crippen LogP) is 1.31. The van der Waals surface area contributed by atoms with Gasteiger partial charge in [0.1, 0.15) is 0 Å². The van der Waals surface area contributed by atoms with Crippen molar-refractivity contribution in [3.63, 3.8) is 0 Å². The first-order chi connectivity index (χ1) is 3.41. The van der Waals surface area contributed by atoms with Crippen molar-refractivity contribution in [3.8, 4) is 12.0 Å². The molecule has 3 heteroatoms. The quantitative estimate of drug-likeness (QED) is 0.382. The molecule has 0 aliphatic heterocycles. The van der Waals surface area contributed by atoms with Gasteiger partial charge in [-0.25, -0.2) is 0 Å². The molecule has 0 bridgehead atoms. The Morgan fingerprint density at radius 1 is 1.86 bits per heavy atom. The maximum atomic E-state index is 9.51. The number of rotatable bonds is 1. The van der Waals surface area contributed by atoms with E-state index in [0.717, 1.165) is 6.42 Å². The van der Waals surface area contributed by atoms with Crippen LogP contribution < -0.4 is 0 Å². The maximum Gasteiger partial charge on any atom is 0.551 e. The molecule has 7 heavy (non-hydrogen) atoms. The molecular formula is C4H6O2P+. The van der Waals surface area contributed by atoms with E-state index in [9.17, 15) is 4.57 Å². The summed E-state index contributed by atoms with van der Waals surface area (Å²) in [6.45, 7) is 1.89. The minimum atomic E-state index is -0.756. The van der Waals surface area contributed by atoms with Gasteiger partial charge in [-0.15, -0.1) is 0 Å². The predicted molar refractivity (Wildman–Crippen MR) is 28.2 cm³/mol. The van der Waals surface area contributed by atoms with Crippen LogP contribution in [0.2, 0.25) is 0 Å². The van der Waals surface area contributed by atoms with E-state index in [1.54, 1.807) is 0 Å². The van der Waals surface area contributed by atoms with E-state index in [1.807, 2.05) is 6.92 Å². The lowest BCUT2D eigenvalue weighted by Crippen LogP contribution is -1.54. The van der Waals surface area contributed by atoms with Crippen LogP contribution in [0.15, 0.2) is 0 Å². The van der Waals surface area contributed by atoms with E-state index in [-0.39, 0.29) is 0 Å². The molecule has 0 aromatic rings. The van der Waals surface area contributed by atoms with Crippen LogP contribution in [0.25, 0.3) is 0 Å².